The van der Waals surface area contributed by atoms with Crippen LogP contribution in [0.15, 0.2) is 23.0 Å². The second kappa shape index (κ2) is 10.6. The second-order valence-corrected chi connectivity index (χ2v) is 10.6. The van der Waals surface area contributed by atoms with Crippen LogP contribution in [0.5, 0.6) is 0 Å². The van der Waals surface area contributed by atoms with Crippen molar-refractivity contribution in [3.63, 3.8) is 0 Å². The lowest BCUT2D eigenvalue weighted by atomic mass is 9.76. The van der Waals surface area contributed by atoms with Gasteiger partial charge >= 0.3 is 0 Å². The summed E-state index contributed by atoms with van der Waals surface area (Å²) in [5.41, 5.74) is 1.57. The summed E-state index contributed by atoms with van der Waals surface area (Å²) in [7, 11) is 0. The van der Waals surface area contributed by atoms with Crippen LogP contribution in [0, 0.1) is 35.4 Å². The first-order valence-corrected chi connectivity index (χ1v) is 12.4. The molecule has 2 unspecified atom stereocenters. The van der Waals surface area contributed by atoms with E-state index >= 15 is 4.39 Å². The van der Waals surface area contributed by atoms with E-state index in [-0.39, 0.29) is 42.0 Å². The fraction of sp³-hybridized carbons (Fsp3) is 0.571. The van der Waals surface area contributed by atoms with Gasteiger partial charge in [-0.1, -0.05) is 59.1 Å². The van der Waals surface area contributed by atoms with Gasteiger partial charge in [0.05, 0.1) is 24.2 Å². The molecule has 182 valence electrons. The van der Waals surface area contributed by atoms with Crippen molar-refractivity contribution in [2.45, 2.75) is 92.0 Å². The minimum Gasteiger partial charge on any atom is -0.297 e. The van der Waals surface area contributed by atoms with Crippen molar-refractivity contribution < 1.29 is 9.18 Å². The number of rotatable bonds is 7. The molecule has 5 nitrogen and oxygen atoms in total. The van der Waals surface area contributed by atoms with Crippen molar-refractivity contribution in [1.29, 1.82) is 5.26 Å². The molecule has 34 heavy (non-hydrogen) atoms. The summed E-state index contributed by atoms with van der Waals surface area (Å²) in [5, 5.41) is 9.50. The largest absolute Gasteiger partial charge is 0.297 e. The number of aryl methyl sites for hydroxylation is 2. The first kappa shape index (κ1) is 25.8. The molecule has 2 atom stereocenters. The summed E-state index contributed by atoms with van der Waals surface area (Å²) in [5.74, 6) is 0.0670. The van der Waals surface area contributed by atoms with Gasteiger partial charge in [0.15, 0.2) is 5.78 Å². The van der Waals surface area contributed by atoms with E-state index in [0.29, 0.717) is 29.1 Å². The molecule has 1 fully saturated rings. The van der Waals surface area contributed by atoms with Crippen LogP contribution in [-0.2, 0) is 24.2 Å². The van der Waals surface area contributed by atoms with Crippen LogP contribution < -0.4 is 5.56 Å². The van der Waals surface area contributed by atoms with Gasteiger partial charge in [-0.2, -0.15) is 5.26 Å². The van der Waals surface area contributed by atoms with Gasteiger partial charge < -0.3 is 0 Å². The molecule has 1 aliphatic rings. The van der Waals surface area contributed by atoms with Crippen molar-refractivity contribution in [3.05, 3.63) is 62.6 Å². The first-order valence-electron chi connectivity index (χ1n) is 12.4. The van der Waals surface area contributed by atoms with Gasteiger partial charge in [-0.05, 0) is 49.3 Å². The highest BCUT2D eigenvalue weighted by Gasteiger charge is 2.28. The van der Waals surface area contributed by atoms with Crippen LogP contribution in [0.1, 0.15) is 93.9 Å². The van der Waals surface area contributed by atoms with Crippen molar-refractivity contribution in [2.24, 2.45) is 11.3 Å². The number of hydrogen-bond donors (Lipinski definition) is 0. The van der Waals surface area contributed by atoms with Gasteiger partial charge in [0.25, 0.3) is 5.56 Å². The van der Waals surface area contributed by atoms with Gasteiger partial charge in [0.1, 0.15) is 11.6 Å². The number of benzene rings is 1. The zero-order valence-corrected chi connectivity index (χ0v) is 21.1. The lowest BCUT2D eigenvalue weighted by Crippen LogP contribution is -2.35. The molecule has 1 aromatic heterocycles. The highest BCUT2D eigenvalue weighted by Crippen LogP contribution is 2.38. The highest BCUT2D eigenvalue weighted by atomic mass is 19.1. The van der Waals surface area contributed by atoms with E-state index in [4.69, 9.17) is 0 Å². The van der Waals surface area contributed by atoms with E-state index in [9.17, 15) is 14.9 Å². The fourth-order valence-electron chi connectivity index (χ4n) is 4.76. The van der Waals surface area contributed by atoms with Gasteiger partial charge in [0, 0.05) is 17.4 Å². The number of aromatic nitrogens is 2. The summed E-state index contributed by atoms with van der Waals surface area (Å²) in [6.07, 6.45) is 5.39. The molecule has 1 aromatic carbocycles. The normalized spacial score (nSPS) is 18.5. The maximum absolute atomic E-state index is 15.3. The molecule has 0 amide bonds. The molecule has 0 radical (unpaired) electrons. The van der Waals surface area contributed by atoms with E-state index in [1.165, 1.54) is 4.57 Å². The maximum Gasteiger partial charge on any atom is 0.257 e. The molecule has 6 heteroatoms. The lowest BCUT2D eigenvalue weighted by molar-refractivity contribution is -0.127. The molecule has 0 aliphatic heterocycles. The van der Waals surface area contributed by atoms with Crippen molar-refractivity contribution in [2.75, 3.05) is 0 Å². The fourth-order valence-corrected chi connectivity index (χ4v) is 4.76. The van der Waals surface area contributed by atoms with Gasteiger partial charge in [0.2, 0.25) is 0 Å². The van der Waals surface area contributed by atoms with Crippen molar-refractivity contribution in [3.8, 4) is 6.07 Å². The molecule has 1 heterocycles. The number of carbonyl (C=O) groups is 1. The molecular formula is C28H36FN3O2. The molecule has 0 bridgehead atoms. The number of carbonyl (C=O) groups excluding carboxylic acids is 1. The Labute approximate surface area is 202 Å². The molecule has 2 aromatic rings. The van der Waals surface area contributed by atoms with Gasteiger partial charge in [-0.3, -0.25) is 14.2 Å². The quantitative estimate of drug-likeness (QED) is 0.530. The topological polar surface area (TPSA) is 75.8 Å². The summed E-state index contributed by atoms with van der Waals surface area (Å²) < 4.78 is 16.7. The van der Waals surface area contributed by atoms with E-state index < -0.39 is 5.41 Å². The van der Waals surface area contributed by atoms with Crippen LogP contribution >= 0.6 is 0 Å². The molecule has 3 rings (SSSR count). The molecule has 0 N–H and O–H groups in total. The number of Topliss-reactive ketones (excluding diaryl/α,β-unsaturated/α-hetero) is 1. The van der Waals surface area contributed by atoms with E-state index in [2.05, 4.69) is 11.1 Å². The van der Waals surface area contributed by atoms with Crippen LogP contribution in [0.4, 0.5) is 4.39 Å². The monoisotopic (exact) mass is 465 g/mol. The van der Waals surface area contributed by atoms with Crippen molar-refractivity contribution in [1.82, 2.24) is 9.55 Å². The Balaban J connectivity index is 1.98. The van der Waals surface area contributed by atoms with Gasteiger partial charge in [-0.15, -0.1) is 0 Å². The predicted octanol–water partition coefficient (Wildman–Crippen LogP) is 5.65. The number of halogens is 1. The summed E-state index contributed by atoms with van der Waals surface area (Å²) in [6.45, 7) is 9.20. The van der Waals surface area contributed by atoms with E-state index in [1.807, 2.05) is 33.8 Å². The second-order valence-electron chi connectivity index (χ2n) is 10.6. The van der Waals surface area contributed by atoms with E-state index in [0.717, 1.165) is 37.7 Å². The summed E-state index contributed by atoms with van der Waals surface area (Å²) in [4.78, 5) is 30.8. The van der Waals surface area contributed by atoms with Crippen LogP contribution in [0.25, 0.3) is 0 Å². The predicted molar refractivity (Wildman–Crippen MR) is 131 cm³/mol. The average Bonchev–Trinajstić information content (AvgIpc) is 2.79. The molecule has 0 spiro atoms. The Morgan fingerprint density at radius 2 is 1.97 bits per heavy atom. The van der Waals surface area contributed by atoms with Crippen LogP contribution in [0.3, 0.4) is 0 Å². The Kier molecular flexibility index (Phi) is 8.07. The van der Waals surface area contributed by atoms with Crippen LogP contribution in [-0.4, -0.2) is 15.3 Å². The summed E-state index contributed by atoms with van der Waals surface area (Å²) in [6, 6.07) is 7.58. The minimum absolute atomic E-state index is 0.0424. The minimum atomic E-state index is -0.573. The number of nitrogens with zero attached hydrogens (tertiary/aromatic N) is 3. The third-order valence-corrected chi connectivity index (χ3v) is 6.97. The smallest absolute Gasteiger partial charge is 0.257 e. The number of ketones is 1. The maximum atomic E-state index is 15.3. The Hall–Kier alpha value is -2.81. The molecule has 1 aliphatic carbocycles. The average molecular weight is 466 g/mol. The van der Waals surface area contributed by atoms with E-state index in [1.54, 1.807) is 19.1 Å². The molecule has 0 saturated heterocycles. The third kappa shape index (κ3) is 5.63. The summed E-state index contributed by atoms with van der Waals surface area (Å²) >= 11 is 0. The molecular weight excluding hydrogens is 429 g/mol. The Bertz CT molecular complexity index is 1150. The first-order chi connectivity index (χ1) is 16.1. The Morgan fingerprint density at radius 3 is 2.59 bits per heavy atom. The number of hydrogen-bond acceptors (Lipinski definition) is 4. The van der Waals surface area contributed by atoms with Gasteiger partial charge in [-0.25, -0.2) is 9.37 Å². The SMILES string of the molecule is CCCc1nc(C)n(CC(=O)C(C)(C)C)c(=O)c1Cc1ccc(C2CCCCC2C#N)cc1F. The van der Waals surface area contributed by atoms with Crippen molar-refractivity contribution >= 4 is 5.78 Å². The third-order valence-electron chi connectivity index (χ3n) is 6.97. The zero-order chi connectivity index (χ0) is 25.0. The zero-order valence-electron chi connectivity index (χ0n) is 21.1. The number of nitriles is 1. The standard InChI is InChI=1S/C28H36FN3O2/c1-6-9-25-23(27(34)32(18(2)31-25)17-26(33)28(3,4)5)14-20-13-12-19(15-24(20)29)22-11-8-7-10-21(22)16-30/h12-13,15,21-22H,6-11,14,17H2,1-5H3. The Morgan fingerprint density at radius 1 is 1.26 bits per heavy atom. The van der Waals surface area contributed by atoms with Crippen LogP contribution in [0.2, 0.25) is 0 Å². The highest BCUT2D eigenvalue weighted by molar-refractivity contribution is 5.83. The molecule has 1 saturated carbocycles. The lowest BCUT2D eigenvalue weighted by Gasteiger charge is -2.27.